The summed E-state index contributed by atoms with van der Waals surface area (Å²) in [4.78, 5) is 1.00. The van der Waals surface area contributed by atoms with Crippen LogP contribution in [0.3, 0.4) is 0 Å². The van der Waals surface area contributed by atoms with Crippen molar-refractivity contribution in [3.63, 3.8) is 0 Å². The number of phenols is 1. The van der Waals surface area contributed by atoms with Gasteiger partial charge in [0.1, 0.15) is 18.1 Å². The molecular weight excluding hydrogens is 340 g/mol. The molecule has 0 saturated carbocycles. The fourth-order valence-electron chi connectivity index (χ4n) is 1.53. The molecule has 0 aliphatic carbocycles. The van der Waals surface area contributed by atoms with Crippen molar-refractivity contribution >= 4 is 27.7 Å². The number of thioether (sulfide) groups is 1. The maximum absolute atomic E-state index is 9.89. The van der Waals surface area contributed by atoms with E-state index in [-0.39, 0.29) is 12.4 Å². The SMILES string of the molecule is Oc1ccc(SCC(O)COc2cccc(Br)c2)cc1. The van der Waals surface area contributed by atoms with Crippen LogP contribution in [0.2, 0.25) is 0 Å². The highest BCUT2D eigenvalue weighted by atomic mass is 79.9. The van der Waals surface area contributed by atoms with E-state index in [9.17, 15) is 10.2 Å². The van der Waals surface area contributed by atoms with E-state index in [0.29, 0.717) is 5.75 Å². The number of aromatic hydroxyl groups is 1. The Morgan fingerprint density at radius 2 is 1.90 bits per heavy atom. The normalized spacial score (nSPS) is 12.1. The Kier molecular flexibility index (Phi) is 5.76. The zero-order chi connectivity index (χ0) is 14.4. The molecule has 0 heterocycles. The van der Waals surface area contributed by atoms with Crippen LogP contribution in [-0.4, -0.2) is 28.7 Å². The molecule has 0 saturated heterocycles. The Bertz CT molecular complexity index is 545. The fourth-order valence-corrected chi connectivity index (χ4v) is 2.72. The van der Waals surface area contributed by atoms with Crippen molar-refractivity contribution in [2.24, 2.45) is 0 Å². The number of phenolic OH excluding ortho intramolecular Hbond substituents is 1. The summed E-state index contributed by atoms with van der Waals surface area (Å²) < 4.78 is 6.47. The first kappa shape index (κ1) is 15.2. The fraction of sp³-hybridized carbons (Fsp3) is 0.200. The Morgan fingerprint density at radius 3 is 2.60 bits per heavy atom. The van der Waals surface area contributed by atoms with Crippen molar-refractivity contribution in [3.05, 3.63) is 53.0 Å². The summed E-state index contributed by atoms with van der Waals surface area (Å²) in [5.74, 6) is 1.51. The number of aliphatic hydroxyl groups is 1. The summed E-state index contributed by atoms with van der Waals surface area (Å²) in [6.07, 6.45) is -0.548. The lowest BCUT2D eigenvalue weighted by atomic mass is 10.3. The molecule has 20 heavy (non-hydrogen) atoms. The first-order valence-electron chi connectivity index (χ1n) is 6.12. The van der Waals surface area contributed by atoms with E-state index >= 15 is 0 Å². The number of rotatable bonds is 6. The molecule has 3 nitrogen and oxygen atoms in total. The molecule has 2 rings (SSSR count). The van der Waals surface area contributed by atoms with Gasteiger partial charge in [-0.15, -0.1) is 11.8 Å². The Morgan fingerprint density at radius 1 is 1.15 bits per heavy atom. The Labute approximate surface area is 130 Å². The standard InChI is InChI=1S/C15H15BrO3S/c16-11-2-1-3-14(8-11)19-9-13(18)10-20-15-6-4-12(17)5-7-15/h1-8,13,17-18H,9-10H2. The second-order valence-electron chi connectivity index (χ2n) is 4.23. The van der Waals surface area contributed by atoms with Crippen molar-refractivity contribution in [1.29, 1.82) is 0 Å². The lowest BCUT2D eigenvalue weighted by Gasteiger charge is -2.12. The van der Waals surface area contributed by atoms with Gasteiger partial charge < -0.3 is 14.9 Å². The summed E-state index contributed by atoms with van der Waals surface area (Å²) in [7, 11) is 0. The van der Waals surface area contributed by atoms with Gasteiger partial charge in [-0.2, -0.15) is 0 Å². The van der Waals surface area contributed by atoms with Crippen LogP contribution < -0.4 is 4.74 Å². The van der Waals surface area contributed by atoms with Crippen molar-refractivity contribution in [3.8, 4) is 11.5 Å². The second kappa shape index (κ2) is 7.57. The average Bonchev–Trinajstić information content (AvgIpc) is 2.45. The van der Waals surface area contributed by atoms with Gasteiger partial charge in [-0.25, -0.2) is 0 Å². The van der Waals surface area contributed by atoms with Crippen LogP contribution in [0.25, 0.3) is 0 Å². The topological polar surface area (TPSA) is 49.7 Å². The van der Waals surface area contributed by atoms with E-state index in [1.54, 1.807) is 12.1 Å². The number of hydrogen-bond acceptors (Lipinski definition) is 4. The first-order valence-corrected chi connectivity index (χ1v) is 7.89. The lowest BCUT2D eigenvalue weighted by molar-refractivity contribution is 0.126. The van der Waals surface area contributed by atoms with E-state index in [0.717, 1.165) is 15.1 Å². The summed E-state index contributed by atoms with van der Waals surface area (Å²) in [5.41, 5.74) is 0. The summed E-state index contributed by atoms with van der Waals surface area (Å²) in [6.45, 7) is 0.252. The van der Waals surface area contributed by atoms with Crippen molar-refractivity contribution in [1.82, 2.24) is 0 Å². The largest absolute Gasteiger partial charge is 0.508 e. The Balaban J connectivity index is 1.75. The van der Waals surface area contributed by atoms with Crippen molar-refractivity contribution in [2.45, 2.75) is 11.0 Å². The minimum atomic E-state index is -0.548. The van der Waals surface area contributed by atoms with Crippen LogP contribution in [0.1, 0.15) is 0 Å². The molecule has 0 aromatic heterocycles. The minimum absolute atomic E-state index is 0.243. The van der Waals surface area contributed by atoms with Gasteiger partial charge in [0.2, 0.25) is 0 Å². The molecule has 0 bridgehead atoms. The quantitative estimate of drug-likeness (QED) is 0.776. The van der Waals surface area contributed by atoms with Gasteiger partial charge >= 0.3 is 0 Å². The zero-order valence-electron chi connectivity index (χ0n) is 10.7. The van der Waals surface area contributed by atoms with Gasteiger partial charge in [0.05, 0.1) is 6.10 Å². The molecule has 5 heteroatoms. The van der Waals surface area contributed by atoms with Crippen LogP contribution in [-0.2, 0) is 0 Å². The monoisotopic (exact) mass is 354 g/mol. The Hall–Kier alpha value is -1.17. The smallest absolute Gasteiger partial charge is 0.120 e. The number of benzene rings is 2. The molecular formula is C15H15BrO3S. The van der Waals surface area contributed by atoms with Gasteiger partial charge in [0.15, 0.2) is 0 Å². The van der Waals surface area contributed by atoms with Gasteiger partial charge in [-0.3, -0.25) is 0 Å². The van der Waals surface area contributed by atoms with Crippen LogP contribution >= 0.6 is 27.7 Å². The maximum atomic E-state index is 9.89. The molecule has 2 N–H and O–H groups in total. The average molecular weight is 355 g/mol. The van der Waals surface area contributed by atoms with Crippen LogP contribution in [0, 0.1) is 0 Å². The number of hydrogen-bond donors (Lipinski definition) is 2. The lowest BCUT2D eigenvalue weighted by Crippen LogP contribution is -2.20. The summed E-state index contributed by atoms with van der Waals surface area (Å²) in [5, 5.41) is 19.1. The maximum Gasteiger partial charge on any atom is 0.120 e. The van der Waals surface area contributed by atoms with Crippen molar-refractivity contribution in [2.75, 3.05) is 12.4 Å². The summed E-state index contributed by atoms with van der Waals surface area (Å²) in [6, 6.07) is 14.4. The second-order valence-corrected chi connectivity index (χ2v) is 6.24. The van der Waals surface area contributed by atoms with E-state index in [1.165, 1.54) is 11.8 Å². The highest BCUT2D eigenvalue weighted by Gasteiger charge is 2.06. The van der Waals surface area contributed by atoms with Gasteiger partial charge in [0, 0.05) is 15.1 Å². The van der Waals surface area contributed by atoms with Crippen LogP contribution in [0.5, 0.6) is 11.5 Å². The first-order chi connectivity index (χ1) is 9.63. The third-order valence-electron chi connectivity index (χ3n) is 2.52. The van der Waals surface area contributed by atoms with Gasteiger partial charge in [0.25, 0.3) is 0 Å². The molecule has 2 aromatic rings. The zero-order valence-corrected chi connectivity index (χ0v) is 13.1. The molecule has 2 aromatic carbocycles. The molecule has 0 aliphatic heterocycles. The van der Waals surface area contributed by atoms with E-state index in [1.807, 2.05) is 36.4 Å². The van der Waals surface area contributed by atoms with E-state index < -0.39 is 6.10 Å². The van der Waals surface area contributed by atoms with E-state index in [2.05, 4.69) is 15.9 Å². The number of ether oxygens (including phenoxy) is 1. The molecule has 0 aliphatic rings. The van der Waals surface area contributed by atoms with Gasteiger partial charge in [-0.05, 0) is 42.5 Å². The number of halogens is 1. The third-order valence-corrected chi connectivity index (χ3v) is 4.17. The van der Waals surface area contributed by atoms with Crippen molar-refractivity contribution < 1.29 is 14.9 Å². The molecule has 0 fully saturated rings. The molecule has 0 radical (unpaired) electrons. The highest BCUT2D eigenvalue weighted by Crippen LogP contribution is 2.22. The molecule has 1 atom stereocenters. The summed E-state index contributed by atoms with van der Waals surface area (Å²) >= 11 is 4.89. The molecule has 106 valence electrons. The molecule has 0 spiro atoms. The van der Waals surface area contributed by atoms with Gasteiger partial charge in [-0.1, -0.05) is 22.0 Å². The molecule has 0 amide bonds. The minimum Gasteiger partial charge on any atom is -0.508 e. The van der Waals surface area contributed by atoms with Crippen LogP contribution in [0.15, 0.2) is 57.9 Å². The highest BCUT2D eigenvalue weighted by molar-refractivity contribution is 9.10. The third kappa shape index (κ3) is 5.07. The molecule has 1 unspecified atom stereocenters. The predicted octanol–water partition coefficient (Wildman–Crippen LogP) is 3.69. The number of aliphatic hydroxyl groups excluding tert-OH is 1. The van der Waals surface area contributed by atoms with Crippen LogP contribution in [0.4, 0.5) is 0 Å². The predicted molar refractivity (Wildman–Crippen MR) is 84.5 cm³/mol. The van der Waals surface area contributed by atoms with E-state index in [4.69, 9.17) is 4.74 Å².